The molecule has 1 atom stereocenters. The van der Waals surface area contributed by atoms with E-state index in [-0.39, 0.29) is 23.8 Å². The molecule has 0 radical (unpaired) electrons. The number of halogens is 2. The fourth-order valence-electron chi connectivity index (χ4n) is 3.11. The minimum atomic E-state index is -1.34. The summed E-state index contributed by atoms with van der Waals surface area (Å²) in [4.78, 5) is 1.46. The molecule has 1 saturated heterocycles. The van der Waals surface area contributed by atoms with Crippen molar-refractivity contribution in [3.63, 3.8) is 0 Å². The van der Waals surface area contributed by atoms with Gasteiger partial charge in [0.05, 0.1) is 24.4 Å². The zero-order valence-electron chi connectivity index (χ0n) is 14.1. The number of piperidine rings is 1. The number of aromatic nitrogens is 3. The van der Waals surface area contributed by atoms with E-state index in [9.17, 15) is 13.9 Å². The summed E-state index contributed by atoms with van der Waals surface area (Å²) in [6, 6.07) is 3.82. The molecule has 0 amide bonds. The van der Waals surface area contributed by atoms with E-state index in [0.717, 1.165) is 12.1 Å². The van der Waals surface area contributed by atoms with Crippen molar-refractivity contribution in [1.29, 1.82) is 5.26 Å². The summed E-state index contributed by atoms with van der Waals surface area (Å²) in [5.41, 5.74) is -1.25. The van der Waals surface area contributed by atoms with Crippen LogP contribution in [0.4, 0.5) is 14.5 Å². The maximum Gasteiger partial charge on any atom is 0.150 e. The number of hydrogen-bond acceptors (Lipinski definition) is 5. The molecule has 8 heteroatoms. The van der Waals surface area contributed by atoms with Gasteiger partial charge in [0, 0.05) is 12.6 Å². The lowest BCUT2D eigenvalue weighted by Crippen LogP contribution is -2.47. The summed E-state index contributed by atoms with van der Waals surface area (Å²) in [7, 11) is 0. The number of benzene rings is 1. The van der Waals surface area contributed by atoms with Gasteiger partial charge in [-0.05, 0) is 38.8 Å². The van der Waals surface area contributed by atoms with Gasteiger partial charge in [0.25, 0.3) is 0 Å². The van der Waals surface area contributed by atoms with Crippen LogP contribution in [0, 0.1) is 23.0 Å². The summed E-state index contributed by atoms with van der Waals surface area (Å²) in [6.07, 6.45) is 2.64. The van der Waals surface area contributed by atoms with Crippen LogP contribution in [0.3, 0.4) is 0 Å². The first-order chi connectivity index (χ1) is 11.8. The van der Waals surface area contributed by atoms with Gasteiger partial charge in [-0.3, -0.25) is 0 Å². The Morgan fingerprint density at radius 1 is 1.32 bits per heavy atom. The van der Waals surface area contributed by atoms with Gasteiger partial charge in [0.15, 0.2) is 11.6 Å². The predicted octanol–water partition coefficient (Wildman–Crippen LogP) is 2.50. The van der Waals surface area contributed by atoms with Gasteiger partial charge >= 0.3 is 0 Å². The number of hydrogen-bond donors (Lipinski definition) is 1. The molecule has 0 saturated carbocycles. The Morgan fingerprint density at radius 3 is 2.56 bits per heavy atom. The van der Waals surface area contributed by atoms with Crippen LogP contribution in [0.2, 0.25) is 0 Å². The maximum absolute atomic E-state index is 14.3. The number of anilines is 1. The standard InChI is InChI=1S/C17H19F2N5O/c1-11(2)24-9-15(21-22-24)17(25)4-3-5-23(10-17)16-13(18)6-12(8-20)7-14(16)19/h6-7,9,11,25H,3-5,10H2,1-2H3/t17-/m0/s1. The van der Waals surface area contributed by atoms with Crippen LogP contribution in [0.15, 0.2) is 18.3 Å². The molecule has 1 aromatic heterocycles. The molecule has 2 aromatic rings. The molecule has 132 valence electrons. The van der Waals surface area contributed by atoms with Gasteiger partial charge in [-0.2, -0.15) is 5.26 Å². The minimum absolute atomic E-state index is 0.00350. The van der Waals surface area contributed by atoms with Crippen LogP contribution in [-0.2, 0) is 5.60 Å². The first kappa shape index (κ1) is 17.3. The van der Waals surface area contributed by atoms with Crippen molar-refractivity contribution in [1.82, 2.24) is 15.0 Å². The Kier molecular flexibility index (Phi) is 4.43. The van der Waals surface area contributed by atoms with Crippen molar-refractivity contribution in [3.05, 3.63) is 41.2 Å². The minimum Gasteiger partial charge on any atom is -0.382 e. The summed E-state index contributed by atoms with van der Waals surface area (Å²) in [6.45, 7) is 4.29. The Balaban J connectivity index is 1.92. The van der Waals surface area contributed by atoms with E-state index in [1.165, 1.54) is 4.90 Å². The molecule has 1 fully saturated rings. The Hall–Kier alpha value is -2.53. The third-order valence-electron chi connectivity index (χ3n) is 4.45. The van der Waals surface area contributed by atoms with Crippen LogP contribution < -0.4 is 4.90 Å². The van der Waals surface area contributed by atoms with Crippen molar-refractivity contribution >= 4 is 5.69 Å². The number of nitriles is 1. The lowest BCUT2D eigenvalue weighted by atomic mass is 9.89. The average molecular weight is 347 g/mol. The number of aliphatic hydroxyl groups is 1. The van der Waals surface area contributed by atoms with Gasteiger partial charge in [-0.25, -0.2) is 13.5 Å². The van der Waals surface area contributed by atoms with E-state index in [1.54, 1.807) is 16.9 Å². The normalized spacial score (nSPS) is 20.8. The molecule has 25 heavy (non-hydrogen) atoms. The third-order valence-corrected chi connectivity index (χ3v) is 4.45. The first-order valence-corrected chi connectivity index (χ1v) is 8.13. The monoisotopic (exact) mass is 347 g/mol. The molecule has 1 aliphatic heterocycles. The smallest absolute Gasteiger partial charge is 0.150 e. The average Bonchev–Trinajstić information content (AvgIpc) is 3.05. The number of β-amino-alcohol motifs (C(OH)–C–C–N with tert-alkyl or cyclic N) is 1. The lowest BCUT2D eigenvalue weighted by Gasteiger charge is -2.39. The highest BCUT2D eigenvalue weighted by atomic mass is 19.1. The van der Waals surface area contributed by atoms with Crippen molar-refractivity contribution < 1.29 is 13.9 Å². The SMILES string of the molecule is CC(C)n1cc([C@]2(O)CCCN(c3c(F)cc(C#N)cc3F)C2)nn1. The molecule has 3 rings (SSSR count). The molecular formula is C17H19F2N5O. The summed E-state index contributed by atoms with van der Waals surface area (Å²) >= 11 is 0. The van der Waals surface area contributed by atoms with Crippen LogP contribution in [0.25, 0.3) is 0 Å². The molecule has 2 heterocycles. The molecule has 0 bridgehead atoms. The van der Waals surface area contributed by atoms with Crippen molar-refractivity contribution in [2.24, 2.45) is 0 Å². The second-order valence-electron chi connectivity index (χ2n) is 6.63. The van der Waals surface area contributed by atoms with E-state index >= 15 is 0 Å². The zero-order valence-corrected chi connectivity index (χ0v) is 14.1. The fraction of sp³-hybridized carbons (Fsp3) is 0.471. The fourth-order valence-corrected chi connectivity index (χ4v) is 3.11. The van der Waals surface area contributed by atoms with Gasteiger partial charge in [0.1, 0.15) is 17.0 Å². The largest absolute Gasteiger partial charge is 0.382 e. The topological polar surface area (TPSA) is 78.0 Å². The van der Waals surface area contributed by atoms with Crippen LogP contribution in [-0.4, -0.2) is 33.2 Å². The van der Waals surface area contributed by atoms with Gasteiger partial charge in [0.2, 0.25) is 0 Å². The highest BCUT2D eigenvalue weighted by Crippen LogP contribution is 2.35. The van der Waals surface area contributed by atoms with Crippen molar-refractivity contribution in [3.8, 4) is 6.07 Å². The second kappa shape index (κ2) is 6.41. The Morgan fingerprint density at radius 2 is 2.00 bits per heavy atom. The van der Waals surface area contributed by atoms with Crippen LogP contribution in [0.5, 0.6) is 0 Å². The molecule has 0 spiro atoms. The highest BCUT2D eigenvalue weighted by Gasteiger charge is 2.39. The number of rotatable bonds is 3. The molecule has 0 unspecified atom stereocenters. The van der Waals surface area contributed by atoms with E-state index in [2.05, 4.69) is 10.3 Å². The van der Waals surface area contributed by atoms with Crippen molar-refractivity contribution in [2.75, 3.05) is 18.0 Å². The van der Waals surface area contributed by atoms with Gasteiger partial charge in [-0.15, -0.1) is 5.10 Å². The summed E-state index contributed by atoms with van der Waals surface area (Å²) in [5, 5.41) is 27.8. The maximum atomic E-state index is 14.3. The van der Waals surface area contributed by atoms with Crippen LogP contribution in [0.1, 0.15) is 44.0 Å². The summed E-state index contributed by atoms with van der Waals surface area (Å²) in [5.74, 6) is -1.63. The van der Waals surface area contributed by atoms with E-state index in [4.69, 9.17) is 5.26 Å². The van der Waals surface area contributed by atoms with E-state index in [0.29, 0.717) is 25.1 Å². The van der Waals surface area contributed by atoms with Crippen molar-refractivity contribution in [2.45, 2.75) is 38.3 Å². The molecule has 1 aromatic carbocycles. The van der Waals surface area contributed by atoms with Gasteiger partial charge in [-0.1, -0.05) is 5.21 Å². The summed E-state index contributed by atoms with van der Waals surface area (Å²) < 4.78 is 30.2. The van der Waals surface area contributed by atoms with E-state index in [1.807, 2.05) is 13.8 Å². The molecule has 0 aliphatic carbocycles. The zero-order chi connectivity index (χ0) is 18.2. The van der Waals surface area contributed by atoms with Gasteiger partial charge < -0.3 is 10.0 Å². The molecule has 1 N–H and O–H groups in total. The molecule has 6 nitrogen and oxygen atoms in total. The second-order valence-corrected chi connectivity index (χ2v) is 6.63. The quantitative estimate of drug-likeness (QED) is 0.923. The predicted molar refractivity (Wildman–Crippen MR) is 86.8 cm³/mol. The van der Waals surface area contributed by atoms with E-state index < -0.39 is 17.2 Å². The Bertz CT molecular complexity index is 806. The Labute approximate surface area is 144 Å². The van der Waals surface area contributed by atoms with Crippen LogP contribution >= 0.6 is 0 Å². The highest BCUT2D eigenvalue weighted by molar-refractivity contribution is 5.53. The molecular weight excluding hydrogens is 328 g/mol. The third kappa shape index (κ3) is 3.20. The first-order valence-electron chi connectivity index (χ1n) is 8.13. The number of nitrogens with zero attached hydrogens (tertiary/aromatic N) is 5. The molecule has 1 aliphatic rings. The lowest BCUT2D eigenvalue weighted by molar-refractivity contribution is 0.0173.